The summed E-state index contributed by atoms with van der Waals surface area (Å²) in [6.07, 6.45) is 0. The molecule has 116 valence electrons. The number of thiocarbonyl (C=S) groups is 1. The quantitative estimate of drug-likeness (QED) is 0.711. The van der Waals surface area contributed by atoms with E-state index in [0.717, 1.165) is 15.8 Å². The van der Waals surface area contributed by atoms with Gasteiger partial charge in [-0.05, 0) is 42.5 Å². The van der Waals surface area contributed by atoms with Crippen LogP contribution in [0.4, 0.5) is 11.4 Å². The van der Waals surface area contributed by atoms with Crippen LogP contribution >= 0.6 is 39.7 Å². The molecule has 22 heavy (non-hydrogen) atoms. The monoisotopic (exact) mass is 400 g/mol. The Morgan fingerprint density at radius 2 is 1.73 bits per heavy atom. The summed E-state index contributed by atoms with van der Waals surface area (Å²) in [5, 5.41) is 7.10. The van der Waals surface area contributed by atoms with Gasteiger partial charge in [-0.25, -0.2) is 0 Å². The van der Waals surface area contributed by atoms with Crippen molar-refractivity contribution in [1.82, 2.24) is 0 Å². The zero-order chi connectivity index (χ0) is 16.1. The van der Waals surface area contributed by atoms with Crippen LogP contribution in [0.2, 0.25) is 5.02 Å². The lowest BCUT2D eigenvalue weighted by atomic mass is 10.2. The molecule has 0 aromatic heterocycles. The standard InChI is InChI=1S/C15H14BrClN2O2S/c1-20-10-4-6-13(14(8-10)21-2)19-15(22)18-12-5-3-9(16)7-11(12)17/h3-8H,1-2H3,(H2,18,19,22). The van der Waals surface area contributed by atoms with Gasteiger partial charge in [-0.3, -0.25) is 0 Å². The lowest BCUT2D eigenvalue weighted by Gasteiger charge is -2.15. The lowest BCUT2D eigenvalue weighted by molar-refractivity contribution is 0.395. The summed E-state index contributed by atoms with van der Waals surface area (Å²) in [5.74, 6) is 1.34. The molecule has 0 aliphatic carbocycles. The Bertz CT molecular complexity index is 697. The number of methoxy groups -OCH3 is 2. The van der Waals surface area contributed by atoms with E-state index in [1.54, 1.807) is 26.4 Å². The first kappa shape index (κ1) is 16.9. The van der Waals surface area contributed by atoms with E-state index in [2.05, 4.69) is 26.6 Å². The number of anilines is 2. The average Bonchev–Trinajstić information content (AvgIpc) is 2.50. The van der Waals surface area contributed by atoms with E-state index in [9.17, 15) is 0 Å². The zero-order valence-electron chi connectivity index (χ0n) is 11.9. The number of ether oxygens (including phenoxy) is 2. The van der Waals surface area contributed by atoms with E-state index in [0.29, 0.717) is 21.6 Å². The van der Waals surface area contributed by atoms with E-state index >= 15 is 0 Å². The molecule has 4 nitrogen and oxygen atoms in total. The molecule has 0 atom stereocenters. The molecule has 0 unspecified atom stereocenters. The van der Waals surface area contributed by atoms with Crippen molar-refractivity contribution < 1.29 is 9.47 Å². The molecule has 0 aliphatic rings. The number of nitrogens with one attached hydrogen (secondary N) is 2. The molecule has 0 aliphatic heterocycles. The molecule has 2 aromatic rings. The largest absolute Gasteiger partial charge is 0.497 e. The van der Waals surface area contributed by atoms with Gasteiger partial charge in [0, 0.05) is 10.5 Å². The topological polar surface area (TPSA) is 42.5 Å². The highest BCUT2D eigenvalue weighted by Gasteiger charge is 2.08. The predicted molar refractivity (Wildman–Crippen MR) is 98.5 cm³/mol. The predicted octanol–water partition coefficient (Wildman–Crippen LogP) is 4.93. The molecular weight excluding hydrogens is 388 g/mol. The second-order valence-corrected chi connectivity index (χ2v) is 6.00. The van der Waals surface area contributed by atoms with Crippen molar-refractivity contribution in [3.05, 3.63) is 45.9 Å². The molecule has 0 amide bonds. The van der Waals surface area contributed by atoms with Gasteiger partial charge < -0.3 is 20.1 Å². The first-order valence-electron chi connectivity index (χ1n) is 6.28. The minimum atomic E-state index is 0.410. The zero-order valence-corrected chi connectivity index (χ0v) is 15.1. The highest BCUT2D eigenvalue weighted by molar-refractivity contribution is 9.10. The van der Waals surface area contributed by atoms with Crippen LogP contribution in [0.25, 0.3) is 0 Å². The second kappa shape index (κ2) is 7.67. The molecule has 0 heterocycles. The molecule has 0 bridgehead atoms. The molecule has 0 saturated heterocycles. The Hall–Kier alpha value is -1.50. The number of benzene rings is 2. The van der Waals surface area contributed by atoms with Crippen molar-refractivity contribution in [2.24, 2.45) is 0 Å². The van der Waals surface area contributed by atoms with Crippen LogP contribution in [-0.2, 0) is 0 Å². The molecule has 7 heteroatoms. The van der Waals surface area contributed by atoms with Crippen molar-refractivity contribution in [3.63, 3.8) is 0 Å². The molecule has 0 spiro atoms. The number of halogens is 2. The molecular formula is C15H14BrClN2O2S. The van der Waals surface area contributed by atoms with Gasteiger partial charge in [-0.2, -0.15) is 0 Å². The third-order valence-corrected chi connectivity index (χ3v) is 3.85. The second-order valence-electron chi connectivity index (χ2n) is 4.27. The number of rotatable bonds is 4. The van der Waals surface area contributed by atoms with Crippen molar-refractivity contribution in [2.75, 3.05) is 24.9 Å². The highest BCUT2D eigenvalue weighted by Crippen LogP contribution is 2.30. The van der Waals surface area contributed by atoms with Crippen molar-refractivity contribution in [1.29, 1.82) is 0 Å². The maximum absolute atomic E-state index is 6.15. The SMILES string of the molecule is COc1ccc(NC(=S)Nc2ccc(Br)cc2Cl)c(OC)c1. The van der Waals surface area contributed by atoms with E-state index in [1.165, 1.54) is 0 Å². The van der Waals surface area contributed by atoms with Crippen LogP contribution < -0.4 is 20.1 Å². The first-order valence-corrected chi connectivity index (χ1v) is 7.86. The maximum Gasteiger partial charge on any atom is 0.175 e. The van der Waals surface area contributed by atoms with Gasteiger partial charge in [0.1, 0.15) is 11.5 Å². The molecule has 2 N–H and O–H groups in total. The van der Waals surface area contributed by atoms with Crippen molar-refractivity contribution >= 4 is 56.2 Å². The maximum atomic E-state index is 6.15. The summed E-state index contributed by atoms with van der Waals surface area (Å²) in [5.41, 5.74) is 1.45. The average molecular weight is 402 g/mol. The smallest absolute Gasteiger partial charge is 0.175 e. The number of hydrogen-bond acceptors (Lipinski definition) is 3. The Kier molecular flexibility index (Phi) is 5.88. The summed E-state index contributed by atoms with van der Waals surface area (Å²) in [7, 11) is 3.19. The van der Waals surface area contributed by atoms with Gasteiger partial charge in [-0.1, -0.05) is 27.5 Å². The Morgan fingerprint density at radius 3 is 2.36 bits per heavy atom. The summed E-state index contributed by atoms with van der Waals surface area (Å²) in [4.78, 5) is 0. The van der Waals surface area contributed by atoms with Crippen LogP contribution in [0.3, 0.4) is 0 Å². The van der Waals surface area contributed by atoms with Crippen LogP contribution in [0.1, 0.15) is 0 Å². The minimum Gasteiger partial charge on any atom is -0.497 e. The van der Waals surface area contributed by atoms with Crippen LogP contribution in [0, 0.1) is 0 Å². The van der Waals surface area contributed by atoms with E-state index in [4.69, 9.17) is 33.3 Å². The lowest BCUT2D eigenvalue weighted by Crippen LogP contribution is -2.19. The summed E-state index contributed by atoms with van der Waals surface area (Å²) in [6, 6.07) is 10.9. The fourth-order valence-corrected chi connectivity index (χ4v) is 2.71. The van der Waals surface area contributed by atoms with Gasteiger partial charge >= 0.3 is 0 Å². The van der Waals surface area contributed by atoms with Gasteiger partial charge in [0.15, 0.2) is 5.11 Å². The first-order chi connectivity index (χ1) is 10.5. The van der Waals surface area contributed by atoms with Gasteiger partial charge in [-0.15, -0.1) is 0 Å². The fourth-order valence-electron chi connectivity index (χ4n) is 1.77. The fraction of sp³-hybridized carbons (Fsp3) is 0.133. The van der Waals surface area contributed by atoms with Crippen molar-refractivity contribution in [3.8, 4) is 11.5 Å². The summed E-state index contributed by atoms with van der Waals surface area (Å²) >= 11 is 14.8. The van der Waals surface area contributed by atoms with E-state index in [1.807, 2.05) is 24.3 Å². The summed E-state index contributed by atoms with van der Waals surface area (Å²) < 4.78 is 11.4. The van der Waals surface area contributed by atoms with Crippen molar-refractivity contribution in [2.45, 2.75) is 0 Å². The summed E-state index contributed by atoms with van der Waals surface area (Å²) in [6.45, 7) is 0. The molecule has 2 aromatic carbocycles. The van der Waals surface area contributed by atoms with Crippen LogP contribution in [0.15, 0.2) is 40.9 Å². The number of hydrogen-bond donors (Lipinski definition) is 2. The van der Waals surface area contributed by atoms with Gasteiger partial charge in [0.05, 0.1) is 30.6 Å². The Balaban J connectivity index is 2.12. The molecule has 0 fully saturated rings. The van der Waals surface area contributed by atoms with E-state index < -0.39 is 0 Å². The van der Waals surface area contributed by atoms with E-state index in [-0.39, 0.29) is 0 Å². The van der Waals surface area contributed by atoms with Crippen LogP contribution in [-0.4, -0.2) is 19.3 Å². The van der Waals surface area contributed by atoms with Gasteiger partial charge in [0.2, 0.25) is 0 Å². The molecule has 0 saturated carbocycles. The van der Waals surface area contributed by atoms with Crippen LogP contribution in [0.5, 0.6) is 11.5 Å². The Morgan fingerprint density at radius 1 is 1.05 bits per heavy atom. The Labute approximate surface area is 147 Å². The normalized spacial score (nSPS) is 10.0. The highest BCUT2D eigenvalue weighted by atomic mass is 79.9. The van der Waals surface area contributed by atoms with Gasteiger partial charge in [0.25, 0.3) is 0 Å². The third-order valence-electron chi connectivity index (χ3n) is 2.84. The molecule has 2 rings (SSSR count). The molecule has 0 radical (unpaired) electrons. The minimum absolute atomic E-state index is 0.410. The third kappa shape index (κ3) is 4.25.